The fourth-order valence-electron chi connectivity index (χ4n) is 4.68. The number of amides is 1. The lowest BCUT2D eigenvalue weighted by atomic mass is 10.1. The summed E-state index contributed by atoms with van der Waals surface area (Å²) >= 11 is 0. The van der Waals surface area contributed by atoms with Gasteiger partial charge in [0.15, 0.2) is 17.2 Å². The van der Waals surface area contributed by atoms with Crippen molar-refractivity contribution in [3.63, 3.8) is 0 Å². The van der Waals surface area contributed by atoms with Crippen molar-refractivity contribution in [3.05, 3.63) is 132 Å². The first-order valence-corrected chi connectivity index (χ1v) is 13.7. The van der Waals surface area contributed by atoms with Gasteiger partial charge < -0.3 is 23.9 Å². The highest BCUT2D eigenvalue weighted by Gasteiger charge is 2.18. The van der Waals surface area contributed by atoms with Gasteiger partial charge in [-0.2, -0.15) is 0 Å². The molecule has 0 saturated heterocycles. The third-order valence-electron chi connectivity index (χ3n) is 6.66. The normalized spacial score (nSPS) is 11.9. The Kier molecular flexibility index (Phi) is 8.38. The van der Waals surface area contributed by atoms with E-state index in [1.807, 2.05) is 84.9 Å². The molecule has 5 aromatic rings. The first-order chi connectivity index (χ1) is 20.7. The molecule has 0 radical (unpaired) electrons. The minimum Gasteiger partial charge on any atom is -0.457 e. The van der Waals surface area contributed by atoms with E-state index in [1.165, 1.54) is 6.26 Å². The maximum atomic E-state index is 12.7. The Morgan fingerprint density at radius 1 is 0.833 bits per heavy atom. The van der Waals surface area contributed by atoms with Gasteiger partial charge in [0.05, 0.1) is 6.54 Å². The lowest BCUT2D eigenvalue weighted by Gasteiger charge is -2.21. The molecule has 212 valence electrons. The molecule has 1 N–H and O–H groups in total. The minimum atomic E-state index is -0.283. The summed E-state index contributed by atoms with van der Waals surface area (Å²) in [6.07, 6.45) is 3.77. The number of hydrogen-bond acceptors (Lipinski definition) is 8. The smallest absolute Gasteiger partial charge is 0.273 e. The van der Waals surface area contributed by atoms with E-state index in [0.29, 0.717) is 38.5 Å². The van der Waals surface area contributed by atoms with Crippen LogP contribution in [0.15, 0.2) is 108 Å². The number of carbonyl (C=O) groups excluding carboxylic acids is 1. The van der Waals surface area contributed by atoms with Gasteiger partial charge in [0.25, 0.3) is 5.91 Å². The molecule has 3 heterocycles. The molecule has 3 aromatic carbocycles. The van der Waals surface area contributed by atoms with Crippen LogP contribution in [0.25, 0.3) is 0 Å². The van der Waals surface area contributed by atoms with Gasteiger partial charge in [-0.25, -0.2) is 4.98 Å². The van der Waals surface area contributed by atoms with Crippen molar-refractivity contribution in [1.82, 2.24) is 20.2 Å². The number of rotatable bonds is 12. The summed E-state index contributed by atoms with van der Waals surface area (Å²) in [5.41, 5.74) is 3.27. The zero-order chi connectivity index (χ0) is 28.6. The molecule has 6 rings (SSSR count). The molecule has 2 aromatic heterocycles. The van der Waals surface area contributed by atoms with Gasteiger partial charge in [-0.1, -0.05) is 42.5 Å². The van der Waals surface area contributed by atoms with Crippen molar-refractivity contribution >= 4 is 5.91 Å². The molecular weight excluding hydrogens is 532 g/mol. The van der Waals surface area contributed by atoms with Crippen LogP contribution in [0, 0.1) is 0 Å². The molecule has 0 bridgehead atoms. The van der Waals surface area contributed by atoms with Crippen LogP contribution in [0.4, 0.5) is 0 Å². The SMILES string of the molecule is O=C(NCCc1ccccn1)c1coc(CN(Cc2cccc(Oc3ccccc3)c2)Cc2ccc3c(c2)OCO3)n1. The van der Waals surface area contributed by atoms with Gasteiger partial charge in [0.2, 0.25) is 12.7 Å². The predicted molar refractivity (Wildman–Crippen MR) is 155 cm³/mol. The van der Waals surface area contributed by atoms with Crippen molar-refractivity contribution in [2.45, 2.75) is 26.1 Å². The summed E-state index contributed by atoms with van der Waals surface area (Å²) in [5, 5.41) is 2.89. The number of ether oxygens (including phenoxy) is 3. The Hall–Kier alpha value is -5.15. The number of para-hydroxylation sites is 1. The van der Waals surface area contributed by atoms with Crippen LogP contribution in [-0.4, -0.2) is 34.1 Å². The van der Waals surface area contributed by atoms with Crippen LogP contribution in [0.2, 0.25) is 0 Å². The van der Waals surface area contributed by atoms with E-state index in [2.05, 4.69) is 26.3 Å². The van der Waals surface area contributed by atoms with Gasteiger partial charge in [-0.3, -0.25) is 14.7 Å². The predicted octanol–water partition coefficient (Wildman–Crippen LogP) is 5.77. The van der Waals surface area contributed by atoms with Crippen molar-refractivity contribution in [3.8, 4) is 23.0 Å². The van der Waals surface area contributed by atoms with Gasteiger partial charge in [-0.15, -0.1) is 0 Å². The van der Waals surface area contributed by atoms with Crippen LogP contribution < -0.4 is 19.5 Å². The quantitative estimate of drug-likeness (QED) is 0.205. The number of benzene rings is 3. The summed E-state index contributed by atoms with van der Waals surface area (Å²) < 4.78 is 22.8. The van der Waals surface area contributed by atoms with Crippen molar-refractivity contribution in [2.75, 3.05) is 13.3 Å². The Morgan fingerprint density at radius 3 is 2.50 bits per heavy atom. The fraction of sp³-hybridized carbons (Fsp3) is 0.182. The Bertz CT molecular complexity index is 1620. The molecule has 0 unspecified atom stereocenters. The van der Waals surface area contributed by atoms with Gasteiger partial charge in [0.1, 0.15) is 17.8 Å². The number of nitrogens with zero attached hydrogens (tertiary/aromatic N) is 3. The lowest BCUT2D eigenvalue weighted by Crippen LogP contribution is -2.26. The van der Waals surface area contributed by atoms with Crippen molar-refractivity contribution < 1.29 is 23.4 Å². The van der Waals surface area contributed by atoms with Crippen molar-refractivity contribution in [2.24, 2.45) is 0 Å². The largest absolute Gasteiger partial charge is 0.457 e. The molecule has 1 aliphatic heterocycles. The molecule has 0 aliphatic carbocycles. The van der Waals surface area contributed by atoms with Gasteiger partial charge in [0, 0.05) is 37.9 Å². The molecule has 1 amide bonds. The Morgan fingerprint density at radius 2 is 1.64 bits per heavy atom. The molecule has 42 heavy (non-hydrogen) atoms. The molecule has 9 nitrogen and oxygen atoms in total. The summed E-state index contributed by atoms with van der Waals surface area (Å²) in [6.45, 7) is 2.25. The number of aromatic nitrogens is 2. The second-order valence-corrected chi connectivity index (χ2v) is 9.85. The lowest BCUT2D eigenvalue weighted by molar-refractivity contribution is 0.0949. The molecule has 1 aliphatic rings. The van der Waals surface area contributed by atoms with E-state index in [-0.39, 0.29) is 18.4 Å². The van der Waals surface area contributed by atoms with Crippen LogP contribution in [0.3, 0.4) is 0 Å². The number of fused-ring (bicyclic) bond motifs is 1. The van der Waals surface area contributed by atoms with Crippen LogP contribution >= 0.6 is 0 Å². The van der Waals surface area contributed by atoms with E-state index < -0.39 is 0 Å². The van der Waals surface area contributed by atoms with Crippen molar-refractivity contribution in [1.29, 1.82) is 0 Å². The average Bonchev–Trinajstić information content (AvgIpc) is 3.68. The van der Waals surface area contributed by atoms with Crippen LogP contribution in [0.1, 0.15) is 33.2 Å². The average molecular weight is 563 g/mol. The zero-order valence-electron chi connectivity index (χ0n) is 22.9. The summed E-state index contributed by atoms with van der Waals surface area (Å²) in [7, 11) is 0. The molecule has 0 spiro atoms. The number of carbonyl (C=O) groups is 1. The fourth-order valence-corrected chi connectivity index (χ4v) is 4.68. The maximum absolute atomic E-state index is 12.7. The molecule has 0 saturated carbocycles. The minimum absolute atomic E-state index is 0.222. The zero-order valence-corrected chi connectivity index (χ0v) is 22.9. The highest BCUT2D eigenvalue weighted by atomic mass is 16.7. The molecule has 0 fully saturated rings. The summed E-state index contributed by atoms with van der Waals surface area (Å²) in [5.74, 6) is 3.16. The highest BCUT2D eigenvalue weighted by molar-refractivity contribution is 5.91. The standard InChI is InChI=1S/C33H30N4O5/c38-33(35-16-14-26-8-4-5-15-34-26)29-22-39-32(36-29)21-37(20-25-12-13-30-31(18-25)41-23-40-30)19-24-7-6-11-28(17-24)42-27-9-2-1-3-10-27/h1-13,15,17-18,22H,14,16,19-21,23H2,(H,35,38). The first kappa shape index (κ1) is 27.0. The van der Waals surface area contributed by atoms with Gasteiger partial charge in [-0.05, 0) is 59.7 Å². The molecular formula is C33H30N4O5. The molecule has 0 atom stereocenters. The highest BCUT2D eigenvalue weighted by Crippen LogP contribution is 2.33. The first-order valence-electron chi connectivity index (χ1n) is 13.7. The number of nitrogens with one attached hydrogen (secondary N) is 1. The van der Waals surface area contributed by atoms with Crippen LogP contribution in [0.5, 0.6) is 23.0 Å². The number of hydrogen-bond donors (Lipinski definition) is 1. The number of oxazole rings is 1. The topological polar surface area (TPSA) is 99.0 Å². The Labute approximate surface area is 243 Å². The summed E-state index contributed by atoms with van der Waals surface area (Å²) in [6, 6.07) is 29.3. The summed E-state index contributed by atoms with van der Waals surface area (Å²) in [4.78, 5) is 23.7. The van der Waals surface area contributed by atoms with E-state index in [4.69, 9.17) is 18.6 Å². The third kappa shape index (κ3) is 7.13. The second-order valence-electron chi connectivity index (χ2n) is 9.85. The molecule has 9 heteroatoms. The van der Waals surface area contributed by atoms with E-state index in [9.17, 15) is 4.79 Å². The van der Waals surface area contributed by atoms with E-state index >= 15 is 0 Å². The second kappa shape index (κ2) is 13.0. The monoisotopic (exact) mass is 562 g/mol. The van der Waals surface area contributed by atoms with E-state index in [0.717, 1.165) is 39.8 Å². The van der Waals surface area contributed by atoms with Crippen LogP contribution in [-0.2, 0) is 26.1 Å². The Balaban J connectivity index is 1.14. The van der Waals surface area contributed by atoms with Gasteiger partial charge >= 0.3 is 0 Å². The van der Waals surface area contributed by atoms with E-state index in [1.54, 1.807) is 6.20 Å². The maximum Gasteiger partial charge on any atom is 0.273 e. The third-order valence-corrected chi connectivity index (χ3v) is 6.66. The number of pyridine rings is 1.